The summed E-state index contributed by atoms with van der Waals surface area (Å²) in [5.74, 6) is 1.69. The fraction of sp³-hybridized carbons (Fsp3) is 0.917. The number of thioether (sulfide) groups is 1. The molecule has 0 aliphatic carbocycles. The molecule has 16 heavy (non-hydrogen) atoms. The van der Waals surface area contributed by atoms with E-state index in [-0.39, 0.29) is 10.7 Å². The lowest BCUT2D eigenvalue weighted by Crippen LogP contribution is -2.46. The molecule has 1 heterocycles. The van der Waals surface area contributed by atoms with Crippen LogP contribution in [-0.2, 0) is 4.79 Å². The molecule has 0 aromatic rings. The van der Waals surface area contributed by atoms with Gasteiger partial charge in [0, 0.05) is 30.0 Å². The van der Waals surface area contributed by atoms with Gasteiger partial charge in [0.1, 0.15) is 0 Å². The topological polar surface area (TPSA) is 46.3 Å². The largest absolute Gasteiger partial charge is 0.340 e. The lowest BCUT2D eigenvalue weighted by Gasteiger charge is -2.38. The molecule has 1 aliphatic rings. The van der Waals surface area contributed by atoms with E-state index >= 15 is 0 Å². The summed E-state index contributed by atoms with van der Waals surface area (Å²) in [4.78, 5) is 14.1. The minimum atomic E-state index is 0.207. The first-order valence-electron chi connectivity index (χ1n) is 6.10. The van der Waals surface area contributed by atoms with E-state index in [0.29, 0.717) is 18.9 Å². The summed E-state index contributed by atoms with van der Waals surface area (Å²) in [6.45, 7) is 8.90. The fourth-order valence-electron chi connectivity index (χ4n) is 2.00. The molecule has 94 valence electrons. The SMILES string of the molecule is CCC(CN)CC(=O)N1CCSC(C)(C)C1. The van der Waals surface area contributed by atoms with Crippen molar-refractivity contribution in [1.82, 2.24) is 4.90 Å². The van der Waals surface area contributed by atoms with Gasteiger partial charge in [0.15, 0.2) is 0 Å². The molecule has 1 unspecified atom stereocenters. The van der Waals surface area contributed by atoms with Crippen molar-refractivity contribution in [1.29, 1.82) is 0 Å². The molecular weight excluding hydrogens is 220 g/mol. The van der Waals surface area contributed by atoms with Gasteiger partial charge in [-0.15, -0.1) is 0 Å². The molecule has 2 N–H and O–H groups in total. The highest BCUT2D eigenvalue weighted by atomic mass is 32.2. The van der Waals surface area contributed by atoms with Crippen LogP contribution in [0, 0.1) is 5.92 Å². The predicted molar refractivity (Wildman–Crippen MR) is 70.6 cm³/mol. The second kappa shape index (κ2) is 5.92. The van der Waals surface area contributed by atoms with E-state index in [2.05, 4.69) is 20.8 Å². The molecule has 4 heteroatoms. The third-order valence-electron chi connectivity index (χ3n) is 3.15. The van der Waals surface area contributed by atoms with E-state index in [1.165, 1.54) is 0 Å². The van der Waals surface area contributed by atoms with Gasteiger partial charge in [-0.05, 0) is 26.3 Å². The van der Waals surface area contributed by atoms with Gasteiger partial charge in [-0.2, -0.15) is 11.8 Å². The Morgan fingerprint density at radius 3 is 2.75 bits per heavy atom. The molecule has 1 rings (SSSR count). The predicted octanol–water partition coefficient (Wildman–Crippen LogP) is 1.72. The third kappa shape index (κ3) is 3.98. The molecule has 0 radical (unpaired) electrons. The summed E-state index contributed by atoms with van der Waals surface area (Å²) in [7, 11) is 0. The minimum absolute atomic E-state index is 0.207. The van der Waals surface area contributed by atoms with E-state index in [9.17, 15) is 4.79 Å². The number of amides is 1. The molecule has 1 amide bonds. The van der Waals surface area contributed by atoms with Gasteiger partial charge < -0.3 is 10.6 Å². The van der Waals surface area contributed by atoms with E-state index < -0.39 is 0 Å². The first-order chi connectivity index (χ1) is 7.48. The van der Waals surface area contributed by atoms with Crippen LogP contribution in [0.15, 0.2) is 0 Å². The summed E-state index contributed by atoms with van der Waals surface area (Å²) in [5.41, 5.74) is 5.64. The van der Waals surface area contributed by atoms with Crippen molar-refractivity contribution in [2.45, 2.75) is 38.4 Å². The van der Waals surface area contributed by atoms with E-state index in [1.807, 2.05) is 16.7 Å². The number of nitrogens with zero attached hydrogens (tertiary/aromatic N) is 1. The lowest BCUT2D eigenvalue weighted by atomic mass is 10.0. The first kappa shape index (κ1) is 13.8. The Morgan fingerprint density at radius 2 is 2.25 bits per heavy atom. The highest BCUT2D eigenvalue weighted by molar-refractivity contribution is 8.00. The number of hydrogen-bond acceptors (Lipinski definition) is 3. The summed E-state index contributed by atoms with van der Waals surface area (Å²) >= 11 is 1.95. The molecule has 1 atom stereocenters. The van der Waals surface area contributed by atoms with Crippen LogP contribution in [0.3, 0.4) is 0 Å². The Balaban J connectivity index is 2.47. The van der Waals surface area contributed by atoms with Crippen molar-refractivity contribution in [2.75, 3.05) is 25.4 Å². The van der Waals surface area contributed by atoms with Gasteiger partial charge in [-0.25, -0.2) is 0 Å². The Hall–Kier alpha value is -0.220. The minimum Gasteiger partial charge on any atom is -0.340 e. The van der Waals surface area contributed by atoms with Crippen LogP contribution < -0.4 is 5.73 Å². The number of carbonyl (C=O) groups is 1. The van der Waals surface area contributed by atoms with Crippen LogP contribution in [-0.4, -0.2) is 40.9 Å². The lowest BCUT2D eigenvalue weighted by molar-refractivity contribution is -0.132. The van der Waals surface area contributed by atoms with Crippen molar-refractivity contribution in [3.8, 4) is 0 Å². The average molecular weight is 244 g/mol. The van der Waals surface area contributed by atoms with Crippen LogP contribution >= 0.6 is 11.8 Å². The number of hydrogen-bond donors (Lipinski definition) is 1. The zero-order chi connectivity index (χ0) is 12.2. The molecule has 1 aliphatic heterocycles. The molecule has 0 bridgehead atoms. The van der Waals surface area contributed by atoms with E-state index in [0.717, 1.165) is 25.3 Å². The summed E-state index contributed by atoms with van der Waals surface area (Å²) in [5, 5.41) is 0. The second-order valence-corrected chi connectivity index (χ2v) is 6.94. The van der Waals surface area contributed by atoms with Gasteiger partial charge >= 0.3 is 0 Å². The zero-order valence-electron chi connectivity index (χ0n) is 10.7. The normalized spacial score (nSPS) is 21.9. The second-order valence-electron chi connectivity index (χ2n) is 5.14. The maximum atomic E-state index is 12.1. The third-order valence-corrected chi connectivity index (χ3v) is 4.45. The quantitative estimate of drug-likeness (QED) is 0.819. The molecule has 1 fully saturated rings. The van der Waals surface area contributed by atoms with E-state index in [1.54, 1.807) is 0 Å². The molecule has 3 nitrogen and oxygen atoms in total. The summed E-state index contributed by atoms with van der Waals surface area (Å²) < 4.78 is 0.207. The van der Waals surface area contributed by atoms with Crippen LogP contribution in [0.2, 0.25) is 0 Å². The van der Waals surface area contributed by atoms with Gasteiger partial charge in [0.2, 0.25) is 5.91 Å². The Morgan fingerprint density at radius 1 is 1.56 bits per heavy atom. The van der Waals surface area contributed by atoms with Crippen LogP contribution in [0.4, 0.5) is 0 Å². The smallest absolute Gasteiger partial charge is 0.222 e. The summed E-state index contributed by atoms with van der Waals surface area (Å²) in [6.07, 6.45) is 1.61. The maximum Gasteiger partial charge on any atom is 0.222 e. The summed E-state index contributed by atoms with van der Waals surface area (Å²) in [6, 6.07) is 0. The van der Waals surface area contributed by atoms with E-state index in [4.69, 9.17) is 5.73 Å². The van der Waals surface area contributed by atoms with Gasteiger partial charge in [0.05, 0.1) is 0 Å². The molecule has 0 aromatic heterocycles. The highest BCUT2D eigenvalue weighted by Crippen LogP contribution is 2.30. The van der Waals surface area contributed by atoms with Gasteiger partial charge in [-0.1, -0.05) is 13.3 Å². The molecule has 0 spiro atoms. The van der Waals surface area contributed by atoms with Crippen molar-refractivity contribution < 1.29 is 4.79 Å². The number of carbonyl (C=O) groups excluding carboxylic acids is 1. The van der Waals surface area contributed by atoms with Crippen LogP contribution in [0.5, 0.6) is 0 Å². The van der Waals surface area contributed by atoms with Gasteiger partial charge in [0.25, 0.3) is 0 Å². The number of rotatable bonds is 4. The van der Waals surface area contributed by atoms with Crippen LogP contribution in [0.1, 0.15) is 33.6 Å². The number of nitrogens with two attached hydrogens (primary N) is 1. The fourth-order valence-corrected chi connectivity index (χ4v) is 3.11. The highest BCUT2D eigenvalue weighted by Gasteiger charge is 2.30. The monoisotopic (exact) mass is 244 g/mol. The zero-order valence-corrected chi connectivity index (χ0v) is 11.5. The van der Waals surface area contributed by atoms with Crippen molar-refractivity contribution in [3.05, 3.63) is 0 Å². The van der Waals surface area contributed by atoms with Gasteiger partial charge in [-0.3, -0.25) is 4.79 Å². The Bertz CT molecular complexity index is 239. The van der Waals surface area contributed by atoms with Crippen molar-refractivity contribution in [3.63, 3.8) is 0 Å². The van der Waals surface area contributed by atoms with Crippen molar-refractivity contribution >= 4 is 17.7 Å². The Kier molecular flexibility index (Phi) is 5.12. The maximum absolute atomic E-state index is 12.1. The first-order valence-corrected chi connectivity index (χ1v) is 7.09. The molecule has 0 aromatic carbocycles. The van der Waals surface area contributed by atoms with Crippen molar-refractivity contribution in [2.24, 2.45) is 11.7 Å². The standard InChI is InChI=1S/C12H24N2OS/c1-4-10(8-13)7-11(15)14-5-6-16-12(2,3)9-14/h10H,4-9,13H2,1-3H3. The van der Waals surface area contributed by atoms with Crippen LogP contribution in [0.25, 0.3) is 0 Å². The Labute approximate surface area is 103 Å². The molecule has 1 saturated heterocycles. The molecular formula is C12H24N2OS. The average Bonchev–Trinajstić information content (AvgIpc) is 2.24. The molecule has 0 saturated carbocycles.